The minimum Gasteiger partial charge on any atom is -0.480 e. The van der Waals surface area contributed by atoms with Crippen molar-refractivity contribution in [3.63, 3.8) is 0 Å². The van der Waals surface area contributed by atoms with E-state index in [9.17, 15) is 14.7 Å². The van der Waals surface area contributed by atoms with E-state index < -0.39 is 18.1 Å². The predicted molar refractivity (Wildman–Crippen MR) is 101 cm³/mol. The summed E-state index contributed by atoms with van der Waals surface area (Å²) in [6.07, 6.45) is 1.14. The molecule has 26 heavy (non-hydrogen) atoms. The summed E-state index contributed by atoms with van der Waals surface area (Å²) in [6, 6.07) is 13.8. The molecule has 0 saturated carbocycles. The zero-order valence-electron chi connectivity index (χ0n) is 13.7. The SMILES string of the molecule is O=C(N[C@@H](Cc1c[nH]c2ccc(Br)cc12)C(=O)O)OCc1ccccc1. The second-order valence-electron chi connectivity index (χ2n) is 5.80. The van der Waals surface area contributed by atoms with Crippen molar-refractivity contribution in [3.05, 3.63) is 70.3 Å². The third-order valence-electron chi connectivity index (χ3n) is 3.96. The zero-order chi connectivity index (χ0) is 18.5. The first-order valence-corrected chi connectivity index (χ1v) is 8.78. The number of hydrogen-bond donors (Lipinski definition) is 3. The van der Waals surface area contributed by atoms with Gasteiger partial charge in [0.25, 0.3) is 0 Å². The van der Waals surface area contributed by atoms with Crippen LogP contribution in [0.4, 0.5) is 4.79 Å². The van der Waals surface area contributed by atoms with Gasteiger partial charge in [-0.05, 0) is 29.3 Å². The van der Waals surface area contributed by atoms with Gasteiger partial charge in [0.05, 0.1) is 0 Å². The Balaban J connectivity index is 1.66. The first-order valence-electron chi connectivity index (χ1n) is 7.98. The number of benzene rings is 2. The summed E-state index contributed by atoms with van der Waals surface area (Å²) < 4.78 is 6.00. The molecule has 1 atom stereocenters. The molecule has 3 N–H and O–H groups in total. The fraction of sp³-hybridized carbons (Fsp3) is 0.158. The molecule has 0 saturated heterocycles. The average molecular weight is 417 g/mol. The van der Waals surface area contributed by atoms with Crippen LogP contribution in [-0.4, -0.2) is 28.2 Å². The van der Waals surface area contributed by atoms with Crippen molar-refractivity contribution >= 4 is 38.9 Å². The number of carbonyl (C=O) groups is 2. The summed E-state index contributed by atoms with van der Waals surface area (Å²) in [4.78, 5) is 26.6. The highest BCUT2D eigenvalue weighted by molar-refractivity contribution is 9.10. The molecule has 2 aromatic carbocycles. The van der Waals surface area contributed by atoms with Crippen LogP contribution in [0.1, 0.15) is 11.1 Å². The molecule has 0 fully saturated rings. The lowest BCUT2D eigenvalue weighted by molar-refractivity contribution is -0.139. The van der Waals surface area contributed by atoms with Crippen molar-refractivity contribution in [2.75, 3.05) is 0 Å². The number of amides is 1. The number of alkyl carbamates (subject to hydrolysis) is 1. The van der Waals surface area contributed by atoms with Crippen molar-refractivity contribution in [1.29, 1.82) is 0 Å². The smallest absolute Gasteiger partial charge is 0.408 e. The maximum absolute atomic E-state index is 12.0. The number of aromatic amines is 1. The van der Waals surface area contributed by atoms with Crippen molar-refractivity contribution in [3.8, 4) is 0 Å². The molecule has 0 radical (unpaired) electrons. The lowest BCUT2D eigenvalue weighted by atomic mass is 10.1. The quantitative estimate of drug-likeness (QED) is 0.568. The molecule has 0 bridgehead atoms. The van der Waals surface area contributed by atoms with E-state index in [1.54, 1.807) is 6.20 Å². The standard InChI is InChI=1S/C19H17BrN2O4/c20-14-6-7-16-15(9-14)13(10-21-16)8-17(18(23)24)22-19(25)26-11-12-4-2-1-3-5-12/h1-7,9-10,17,21H,8,11H2,(H,22,25)(H,23,24)/t17-/m0/s1. The molecule has 0 aliphatic rings. The third-order valence-corrected chi connectivity index (χ3v) is 4.45. The van der Waals surface area contributed by atoms with Crippen molar-refractivity contribution in [2.45, 2.75) is 19.1 Å². The van der Waals surface area contributed by atoms with E-state index in [4.69, 9.17) is 4.74 Å². The highest BCUT2D eigenvalue weighted by atomic mass is 79.9. The predicted octanol–water partition coefficient (Wildman–Crippen LogP) is 3.85. The summed E-state index contributed by atoms with van der Waals surface area (Å²) in [5.74, 6) is -1.12. The van der Waals surface area contributed by atoms with Crippen LogP contribution in [0.3, 0.4) is 0 Å². The highest BCUT2D eigenvalue weighted by Gasteiger charge is 2.22. The summed E-state index contributed by atoms with van der Waals surface area (Å²) in [6.45, 7) is 0.0824. The summed E-state index contributed by atoms with van der Waals surface area (Å²) >= 11 is 3.41. The van der Waals surface area contributed by atoms with E-state index in [0.29, 0.717) is 0 Å². The van der Waals surface area contributed by atoms with Crippen LogP contribution in [0.15, 0.2) is 59.2 Å². The largest absolute Gasteiger partial charge is 0.480 e. The van der Waals surface area contributed by atoms with Crippen molar-refractivity contribution in [2.24, 2.45) is 0 Å². The van der Waals surface area contributed by atoms with Crippen LogP contribution in [-0.2, 0) is 22.6 Å². The molecule has 0 unspecified atom stereocenters. The van der Waals surface area contributed by atoms with Gasteiger partial charge in [-0.2, -0.15) is 0 Å². The second kappa shape index (κ2) is 8.05. The number of carboxylic acid groups (broad SMARTS) is 1. The lowest BCUT2D eigenvalue weighted by Gasteiger charge is -2.14. The number of rotatable bonds is 6. The Bertz CT molecular complexity index is 924. The van der Waals surface area contributed by atoms with Gasteiger partial charge in [0.2, 0.25) is 0 Å². The van der Waals surface area contributed by atoms with Gasteiger partial charge in [-0.25, -0.2) is 9.59 Å². The minimum absolute atomic E-state index is 0.0824. The minimum atomic E-state index is -1.12. The van der Waals surface area contributed by atoms with Crippen LogP contribution < -0.4 is 5.32 Å². The van der Waals surface area contributed by atoms with Crippen LogP contribution >= 0.6 is 15.9 Å². The van der Waals surface area contributed by atoms with Crippen LogP contribution in [0.25, 0.3) is 10.9 Å². The first-order chi connectivity index (χ1) is 12.5. The van der Waals surface area contributed by atoms with Gasteiger partial charge in [-0.3, -0.25) is 0 Å². The fourth-order valence-corrected chi connectivity index (χ4v) is 3.01. The van der Waals surface area contributed by atoms with Gasteiger partial charge in [0, 0.05) is 28.0 Å². The lowest BCUT2D eigenvalue weighted by Crippen LogP contribution is -2.42. The van der Waals surface area contributed by atoms with Crippen LogP contribution in [0.2, 0.25) is 0 Å². The van der Waals surface area contributed by atoms with E-state index >= 15 is 0 Å². The molecule has 1 heterocycles. The maximum atomic E-state index is 12.0. The Morgan fingerprint density at radius 1 is 1.19 bits per heavy atom. The third kappa shape index (κ3) is 4.43. The number of hydrogen-bond acceptors (Lipinski definition) is 3. The molecule has 0 aliphatic carbocycles. The monoisotopic (exact) mass is 416 g/mol. The number of carboxylic acids is 1. The van der Waals surface area contributed by atoms with E-state index in [-0.39, 0.29) is 13.0 Å². The van der Waals surface area contributed by atoms with Crippen molar-refractivity contribution < 1.29 is 19.4 Å². The van der Waals surface area contributed by atoms with Gasteiger partial charge in [-0.1, -0.05) is 46.3 Å². The number of ether oxygens (including phenoxy) is 1. The Morgan fingerprint density at radius 2 is 1.96 bits per heavy atom. The van der Waals surface area contributed by atoms with Crippen molar-refractivity contribution in [1.82, 2.24) is 10.3 Å². The molecule has 134 valence electrons. The summed E-state index contributed by atoms with van der Waals surface area (Å²) in [5.41, 5.74) is 2.53. The number of halogens is 1. The van der Waals surface area contributed by atoms with E-state index in [0.717, 1.165) is 26.5 Å². The number of nitrogens with one attached hydrogen (secondary N) is 2. The normalized spacial score (nSPS) is 11.9. The zero-order valence-corrected chi connectivity index (χ0v) is 15.3. The maximum Gasteiger partial charge on any atom is 0.408 e. The topological polar surface area (TPSA) is 91.4 Å². The average Bonchev–Trinajstić information content (AvgIpc) is 3.02. The highest BCUT2D eigenvalue weighted by Crippen LogP contribution is 2.23. The van der Waals surface area contributed by atoms with Gasteiger partial charge in [-0.15, -0.1) is 0 Å². The van der Waals surface area contributed by atoms with Gasteiger partial charge in [0.15, 0.2) is 0 Å². The fourth-order valence-electron chi connectivity index (χ4n) is 2.65. The Labute approximate surface area is 158 Å². The molecule has 1 amide bonds. The van der Waals surface area contributed by atoms with Crippen LogP contribution in [0.5, 0.6) is 0 Å². The molecule has 0 aliphatic heterocycles. The molecular formula is C19H17BrN2O4. The molecule has 6 nitrogen and oxygen atoms in total. The number of carbonyl (C=O) groups excluding carboxylic acids is 1. The first kappa shape index (κ1) is 18.0. The Morgan fingerprint density at radius 3 is 2.69 bits per heavy atom. The number of aromatic nitrogens is 1. The molecule has 0 spiro atoms. The molecule has 3 rings (SSSR count). The number of fused-ring (bicyclic) bond motifs is 1. The Hall–Kier alpha value is -2.80. The summed E-state index contributed by atoms with van der Waals surface area (Å²) in [7, 11) is 0. The number of H-pyrrole nitrogens is 1. The molecule has 1 aromatic heterocycles. The number of aliphatic carboxylic acids is 1. The molecule has 7 heteroatoms. The van der Waals surface area contributed by atoms with E-state index in [1.807, 2.05) is 48.5 Å². The second-order valence-corrected chi connectivity index (χ2v) is 6.72. The van der Waals surface area contributed by atoms with E-state index in [1.165, 1.54) is 0 Å². The van der Waals surface area contributed by atoms with Crippen LogP contribution in [0, 0.1) is 0 Å². The molecular weight excluding hydrogens is 400 g/mol. The Kier molecular flexibility index (Phi) is 5.58. The van der Waals surface area contributed by atoms with Gasteiger partial charge < -0.3 is 20.1 Å². The molecule has 3 aromatic rings. The van der Waals surface area contributed by atoms with E-state index in [2.05, 4.69) is 26.2 Å². The van der Waals surface area contributed by atoms with Gasteiger partial charge >= 0.3 is 12.1 Å². The summed E-state index contributed by atoms with van der Waals surface area (Å²) in [5, 5.41) is 12.8. The van der Waals surface area contributed by atoms with Gasteiger partial charge in [0.1, 0.15) is 12.6 Å².